The maximum Gasteiger partial charge on any atom is 0.0615 e. The van der Waals surface area contributed by atoms with Gasteiger partial charge < -0.3 is 4.74 Å². The van der Waals surface area contributed by atoms with Gasteiger partial charge in [0.1, 0.15) is 0 Å². The van der Waals surface area contributed by atoms with Crippen molar-refractivity contribution in [1.29, 1.82) is 0 Å². The standard InChI is InChI=1S/C17H31OP/c1-3-9-16(10-4-1)19(14-15-8-7-13-18-15)17-11-5-2-6-12-17/h15-17H,1-14H2. The van der Waals surface area contributed by atoms with Gasteiger partial charge in [-0.2, -0.15) is 0 Å². The van der Waals surface area contributed by atoms with Crippen LogP contribution >= 0.6 is 7.92 Å². The molecule has 0 aromatic heterocycles. The van der Waals surface area contributed by atoms with Crippen molar-refractivity contribution in [2.45, 2.75) is 94.5 Å². The van der Waals surface area contributed by atoms with Gasteiger partial charge in [0.05, 0.1) is 6.10 Å². The van der Waals surface area contributed by atoms with Crippen LogP contribution in [0.25, 0.3) is 0 Å². The first-order valence-corrected chi connectivity index (χ1v) is 10.5. The summed E-state index contributed by atoms with van der Waals surface area (Å²) in [5.41, 5.74) is 2.21. The second kappa shape index (κ2) is 7.41. The van der Waals surface area contributed by atoms with Gasteiger partial charge in [-0.3, -0.25) is 0 Å². The van der Waals surface area contributed by atoms with Crippen LogP contribution in [0.1, 0.15) is 77.0 Å². The normalized spacial score (nSPS) is 31.1. The molecule has 0 spiro atoms. The average Bonchev–Trinajstić information content (AvgIpc) is 3.00. The van der Waals surface area contributed by atoms with Crippen molar-refractivity contribution in [1.82, 2.24) is 0 Å². The van der Waals surface area contributed by atoms with Crippen LogP contribution in [0.15, 0.2) is 0 Å². The van der Waals surface area contributed by atoms with E-state index in [0.717, 1.165) is 17.9 Å². The third-order valence-corrected chi connectivity index (χ3v) is 9.26. The van der Waals surface area contributed by atoms with E-state index in [1.54, 1.807) is 25.7 Å². The molecule has 1 atom stereocenters. The SMILES string of the molecule is C1CCC(P(CC2CCCO2)C2CCCCC2)CC1. The fourth-order valence-electron chi connectivity index (χ4n) is 4.45. The molecule has 0 bridgehead atoms. The molecule has 0 amide bonds. The Balaban J connectivity index is 1.62. The van der Waals surface area contributed by atoms with Gasteiger partial charge in [0, 0.05) is 6.61 Å². The van der Waals surface area contributed by atoms with Crippen molar-refractivity contribution in [2.24, 2.45) is 0 Å². The van der Waals surface area contributed by atoms with E-state index in [1.165, 1.54) is 57.5 Å². The molecule has 3 rings (SSSR count). The van der Waals surface area contributed by atoms with Crippen molar-refractivity contribution in [3.8, 4) is 0 Å². The minimum absolute atomic E-state index is 0.267. The highest BCUT2D eigenvalue weighted by Crippen LogP contribution is 2.56. The van der Waals surface area contributed by atoms with Gasteiger partial charge in [-0.15, -0.1) is 0 Å². The Kier molecular flexibility index (Phi) is 5.59. The van der Waals surface area contributed by atoms with Gasteiger partial charge in [-0.05, 0) is 56.0 Å². The average molecular weight is 282 g/mol. The zero-order valence-corrected chi connectivity index (χ0v) is 13.4. The molecule has 3 aliphatic rings. The molecule has 2 saturated carbocycles. The zero-order valence-electron chi connectivity index (χ0n) is 12.5. The van der Waals surface area contributed by atoms with Crippen molar-refractivity contribution < 1.29 is 4.74 Å². The molecule has 0 N–H and O–H groups in total. The Morgan fingerprint density at radius 1 is 0.684 bits per heavy atom. The summed E-state index contributed by atoms with van der Waals surface area (Å²) >= 11 is 0. The summed E-state index contributed by atoms with van der Waals surface area (Å²) in [6, 6.07) is 0. The Bertz CT molecular complexity index is 232. The number of ether oxygens (including phenoxy) is 1. The highest BCUT2D eigenvalue weighted by molar-refractivity contribution is 7.59. The molecular weight excluding hydrogens is 251 g/mol. The fourth-order valence-corrected chi connectivity index (χ4v) is 8.45. The summed E-state index contributed by atoms with van der Waals surface area (Å²) in [5.74, 6) is 0. The molecule has 19 heavy (non-hydrogen) atoms. The van der Waals surface area contributed by atoms with Crippen LogP contribution in [0.4, 0.5) is 0 Å². The molecule has 1 nitrogen and oxygen atoms in total. The van der Waals surface area contributed by atoms with E-state index in [-0.39, 0.29) is 7.92 Å². The molecular formula is C17H31OP. The first-order valence-electron chi connectivity index (χ1n) is 8.81. The van der Waals surface area contributed by atoms with E-state index in [2.05, 4.69) is 0 Å². The van der Waals surface area contributed by atoms with Crippen LogP contribution < -0.4 is 0 Å². The van der Waals surface area contributed by atoms with E-state index in [9.17, 15) is 0 Å². The maximum atomic E-state index is 5.98. The van der Waals surface area contributed by atoms with Crippen molar-refractivity contribution in [2.75, 3.05) is 12.8 Å². The predicted octanol–water partition coefficient (Wildman–Crippen LogP) is 5.31. The van der Waals surface area contributed by atoms with E-state index < -0.39 is 0 Å². The molecule has 0 radical (unpaired) electrons. The number of hydrogen-bond donors (Lipinski definition) is 0. The topological polar surface area (TPSA) is 9.23 Å². The molecule has 3 fully saturated rings. The lowest BCUT2D eigenvalue weighted by Gasteiger charge is -2.39. The second-order valence-corrected chi connectivity index (χ2v) is 9.77. The molecule has 1 unspecified atom stereocenters. The first-order chi connectivity index (χ1) is 9.43. The third-order valence-electron chi connectivity index (χ3n) is 5.53. The largest absolute Gasteiger partial charge is 0.378 e. The monoisotopic (exact) mass is 282 g/mol. The summed E-state index contributed by atoms with van der Waals surface area (Å²) in [6.07, 6.45) is 20.1. The van der Waals surface area contributed by atoms with E-state index in [0.29, 0.717) is 6.10 Å². The zero-order chi connectivity index (χ0) is 12.9. The Morgan fingerprint density at radius 3 is 1.74 bits per heavy atom. The summed E-state index contributed by atoms with van der Waals surface area (Å²) < 4.78 is 5.98. The molecule has 1 saturated heterocycles. The second-order valence-electron chi connectivity index (χ2n) is 6.92. The van der Waals surface area contributed by atoms with Crippen molar-refractivity contribution >= 4 is 7.92 Å². The van der Waals surface area contributed by atoms with E-state index in [1.807, 2.05) is 0 Å². The lowest BCUT2D eigenvalue weighted by molar-refractivity contribution is 0.127. The van der Waals surface area contributed by atoms with Gasteiger partial charge in [0.15, 0.2) is 0 Å². The maximum absolute atomic E-state index is 5.98. The smallest absolute Gasteiger partial charge is 0.0615 e. The lowest BCUT2D eigenvalue weighted by atomic mass is 9.99. The molecule has 0 aromatic rings. The summed E-state index contributed by atoms with van der Waals surface area (Å²) in [4.78, 5) is 0. The molecule has 2 heteroatoms. The highest BCUT2D eigenvalue weighted by Gasteiger charge is 2.33. The molecule has 0 aromatic carbocycles. The van der Waals surface area contributed by atoms with Gasteiger partial charge in [0.25, 0.3) is 0 Å². The first kappa shape index (κ1) is 14.3. The summed E-state index contributed by atoms with van der Waals surface area (Å²) in [7, 11) is 0.267. The van der Waals surface area contributed by atoms with Crippen LogP contribution in [-0.2, 0) is 4.74 Å². The number of rotatable bonds is 4. The van der Waals surface area contributed by atoms with Crippen molar-refractivity contribution in [3.63, 3.8) is 0 Å². The van der Waals surface area contributed by atoms with Crippen molar-refractivity contribution in [3.05, 3.63) is 0 Å². The van der Waals surface area contributed by atoms with Gasteiger partial charge in [-0.1, -0.05) is 46.4 Å². The molecule has 2 aliphatic carbocycles. The third kappa shape index (κ3) is 3.94. The van der Waals surface area contributed by atoms with Crippen LogP contribution in [0, 0.1) is 0 Å². The van der Waals surface area contributed by atoms with Crippen LogP contribution in [0.5, 0.6) is 0 Å². The summed E-state index contributed by atoms with van der Waals surface area (Å²) in [6.45, 7) is 1.04. The molecule has 1 heterocycles. The number of hydrogen-bond acceptors (Lipinski definition) is 1. The van der Waals surface area contributed by atoms with Gasteiger partial charge >= 0.3 is 0 Å². The molecule has 1 aliphatic heterocycles. The van der Waals surface area contributed by atoms with Gasteiger partial charge in [-0.25, -0.2) is 0 Å². The fraction of sp³-hybridized carbons (Fsp3) is 1.00. The van der Waals surface area contributed by atoms with E-state index in [4.69, 9.17) is 4.74 Å². The quantitative estimate of drug-likeness (QED) is 0.635. The molecule has 110 valence electrons. The highest BCUT2D eigenvalue weighted by atomic mass is 31.1. The van der Waals surface area contributed by atoms with Crippen LogP contribution in [0.2, 0.25) is 0 Å². The Labute approximate surface area is 120 Å². The Morgan fingerprint density at radius 2 is 1.26 bits per heavy atom. The lowest BCUT2D eigenvalue weighted by Crippen LogP contribution is -2.25. The minimum Gasteiger partial charge on any atom is -0.378 e. The van der Waals surface area contributed by atoms with Crippen LogP contribution in [0.3, 0.4) is 0 Å². The minimum atomic E-state index is 0.267. The van der Waals surface area contributed by atoms with Crippen LogP contribution in [-0.4, -0.2) is 30.2 Å². The Hall–Kier alpha value is 0.390. The summed E-state index contributed by atoms with van der Waals surface area (Å²) in [5, 5.41) is 0. The predicted molar refractivity (Wildman–Crippen MR) is 84.5 cm³/mol. The van der Waals surface area contributed by atoms with E-state index >= 15 is 0 Å². The van der Waals surface area contributed by atoms with Gasteiger partial charge in [0.2, 0.25) is 0 Å².